The van der Waals surface area contributed by atoms with E-state index in [-0.39, 0.29) is 5.91 Å². The topological polar surface area (TPSA) is 56.1 Å². The second-order valence-electron chi connectivity index (χ2n) is 4.70. The lowest BCUT2D eigenvalue weighted by Crippen LogP contribution is -2.14. The number of rotatable bonds is 3. The van der Waals surface area contributed by atoms with E-state index in [1.165, 1.54) is 0 Å². The van der Waals surface area contributed by atoms with Crippen LogP contribution in [0.1, 0.15) is 15.9 Å². The van der Waals surface area contributed by atoms with Crippen molar-refractivity contribution in [3.63, 3.8) is 0 Å². The van der Waals surface area contributed by atoms with Crippen LogP contribution in [0, 0.1) is 11.3 Å². The number of carbonyl (C=O) groups excluding carboxylic acids is 1. The molecule has 0 radical (unpaired) electrons. The molecule has 0 aromatic heterocycles. The minimum Gasteiger partial charge on any atom is -0.378 e. The lowest BCUT2D eigenvalue weighted by Gasteiger charge is -2.13. The van der Waals surface area contributed by atoms with E-state index in [0.717, 1.165) is 5.69 Å². The van der Waals surface area contributed by atoms with E-state index in [2.05, 4.69) is 5.32 Å². The largest absolute Gasteiger partial charge is 0.378 e. The van der Waals surface area contributed by atoms with Gasteiger partial charge in [-0.15, -0.1) is 0 Å². The molecule has 4 nitrogen and oxygen atoms in total. The van der Waals surface area contributed by atoms with Gasteiger partial charge in [-0.05, 0) is 42.5 Å². The zero-order chi connectivity index (χ0) is 15.4. The first-order chi connectivity index (χ1) is 10.0. The first-order valence-corrected chi connectivity index (χ1v) is 6.67. The number of nitrogens with one attached hydrogen (secondary N) is 1. The first-order valence-electron chi connectivity index (χ1n) is 6.29. The fourth-order valence-electron chi connectivity index (χ4n) is 1.82. The molecule has 106 valence electrons. The Kier molecular flexibility index (Phi) is 4.46. The highest BCUT2D eigenvalue weighted by Crippen LogP contribution is 2.21. The number of halogens is 1. The van der Waals surface area contributed by atoms with Crippen LogP contribution >= 0.6 is 11.6 Å². The quantitative estimate of drug-likeness (QED) is 0.943. The van der Waals surface area contributed by atoms with Gasteiger partial charge in [-0.25, -0.2) is 0 Å². The van der Waals surface area contributed by atoms with Gasteiger partial charge in [-0.1, -0.05) is 11.6 Å². The van der Waals surface area contributed by atoms with Gasteiger partial charge in [0.15, 0.2) is 0 Å². The maximum atomic E-state index is 12.2. The van der Waals surface area contributed by atoms with E-state index >= 15 is 0 Å². The van der Waals surface area contributed by atoms with Gasteiger partial charge in [0.25, 0.3) is 5.91 Å². The van der Waals surface area contributed by atoms with Crippen LogP contribution < -0.4 is 10.2 Å². The molecule has 0 spiro atoms. The number of nitrogens with zero attached hydrogens (tertiary/aromatic N) is 2. The molecular formula is C16H14ClN3O. The smallest absolute Gasteiger partial charge is 0.255 e. The van der Waals surface area contributed by atoms with Crippen LogP contribution in [0.4, 0.5) is 11.4 Å². The minimum absolute atomic E-state index is 0.279. The van der Waals surface area contributed by atoms with Gasteiger partial charge < -0.3 is 10.2 Å². The Labute approximate surface area is 128 Å². The monoisotopic (exact) mass is 299 g/mol. The Bertz CT molecular complexity index is 702. The molecule has 1 N–H and O–H groups in total. The summed E-state index contributed by atoms with van der Waals surface area (Å²) in [5, 5.41) is 12.2. The lowest BCUT2D eigenvalue weighted by molar-refractivity contribution is 0.102. The van der Waals surface area contributed by atoms with Crippen LogP contribution in [0.25, 0.3) is 0 Å². The van der Waals surface area contributed by atoms with Crippen LogP contribution in [0.5, 0.6) is 0 Å². The van der Waals surface area contributed by atoms with Crippen molar-refractivity contribution in [3.8, 4) is 6.07 Å². The summed E-state index contributed by atoms with van der Waals surface area (Å²) in [5.74, 6) is -0.279. The second-order valence-corrected chi connectivity index (χ2v) is 5.13. The Morgan fingerprint density at radius 2 is 1.86 bits per heavy atom. The molecular weight excluding hydrogens is 286 g/mol. The molecule has 0 saturated carbocycles. The predicted molar refractivity (Wildman–Crippen MR) is 84.9 cm³/mol. The predicted octanol–water partition coefficient (Wildman–Crippen LogP) is 3.53. The summed E-state index contributed by atoms with van der Waals surface area (Å²) < 4.78 is 0. The highest BCUT2D eigenvalue weighted by Gasteiger charge is 2.10. The number of nitriles is 1. The number of anilines is 2. The molecule has 2 aromatic rings. The van der Waals surface area contributed by atoms with E-state index in [1.54, 1.807) is 30.3 Å². The maximum absolute atomic E-state index is 12.2. The van der Waals surface area contributed by atoms with Crippen LogP contribution in [0.15, 0.2) is 42.5 Å². The number of hydrogen-bond acceptors (Lipinski definition) is 3. The summed E-state index contributed by atoms with van der Waals surface area (Å²) >= 11 is 5.89. The van der Waals surface area contributed by atoms with Crippen LogP contribution in [0.3, 0.4) is 0 Å². The van der Waals surface area contributed by atoms with Crippen molar-refractivity contribution in [2.45, 2.75) is 0 Å². The third-order valence-corrected chi connectivity index (χ3v) is 3.23. The number of hydrogen-bond donors (Lipinski definition) is 1. The van der Waals surface area contributed by atoms with Crippen LogP contribution in [-0.4, -0.2) is 20.0 Å². The van der Waals surface area contributed by atoms with Gasteiger partial charge in [-0.2, -0.15) is 5.26 Å². The summed E-state index contributed by atoms with van der Waals surface area (Å²) in [6.07, 6.45) is 0. The zero-order valence-electron chi connectivity index (χ0n) is 11.7. The third kappa shape index (κ3) is 3.53. The third-order valence-electron chi connectivity index (χ3n) is 3.00. The van der Waals surface area contributed by atoms with Crippen molar-refractivity contribution in [2.24, 2.45) is 0 Å². The molecule has 0 heterocycles. The molecule has 0 saturated heterocycles. The fraction of sp³-hybridized carbons (Fsp3) is 0.125. The Balaban J connectivity index is 2.22. The van der Waals surface area contributed by atoms with Gasteiger partial charge >= 0.3 is 0 Å². The Morgan fingerprint density at radius 1 is 1.19 bits per heavy atom. The van der Waals surface area contributed by atoms with Gasteiger partial charge in [-0.3, -0.25) is 4.79 Å². The highest BCUT2D eigenvalue weighted by atomic mass is 35.5. The SMILES string of the molecule is CN(C)c1ccc(C(=O)Nc2cc(Cl)ccc2C#N)cc1. The molecule has 0 aliphatic carbocycles. The van der Waals surface area contributed by atoms with Crippen molar-refractivity contribution >= 4 is 28.9 Å². The molecule has 0 aliphatic rings. The lowest BCUT2D eigenvalue weighted by atomic mass is 10.1. The van der Waals surface area contributed by atoms with Crippen molar-refractivity contribution < 1.29 is 4.79 Å². The molecule has 5 heteroatoms. The van der Waals surface area contributed by atoms with E-state index in [4.69, 9.17) is 16.9 Å². The number of benzene rings is 2. The molecule has 0 atom stereocenters. The van der Waals surface area contributed by atoms with Crippen molar-refractivity contribution in [1.29, 1.82) is 5.26 Å². The van der Waals surface area contributed by atoms with Gasteiger partial charge in [0, 0.05) is 30.4 Å². The Morgan fingerprint density at radius 3 is 2.43 bits per heavy atom. The van der Waals surface area contributed by atoms with E-state index in [9.17, 15) is 4.79 Å². The normalized spacial score (nSPS) is 9.81. The second kappa shape index (κ2) is 6.29. The summed E-state index contributed by atoms with van der Waals surface area (Å²) in [5.41, 5.74) is 2.31. The highest BCUT2D eigenvalue weighted by molar-refractivity contribution is 6.31. The van der Waals surface area contributed by atoms with Crippen molar-refractivity contribution in [3.05, 3.63) is 58.6 Å². The summed E-state index contributed by atoms with van der Waals surface area (Å²) in [6, 6.07) is 14.0. The first kappa shape index (κ1) is 14.9. The average molecular weight is 300 g/mol. The maximum Gasteiger partial charge on any atom is 0.255 e. The van der Waals surface area contributed by atoms with E-state index in [0.29, 0.717) is 21.8 Å². The minimum atomic E-state index is -0.279. The van der Waals surface area contributed by atoms with Crippen molar-refractivity contribution in [2.75, 3.05) is 24.3 Å². The van der Waals surface area contributed by atoms with E-state index in [1.807, 2.05) is 37.2 Å². The number of carbonyl (C=O) groups is 1. The summed E-state index contributed by atoms with van der Waals surface area (Å²) in [7, 11) is 3.86. The molecule has 0 fully saturated rings. The zero-order valence-corrected chi connectivity index (χ0v) is 12.5. The van der Waals surface area contributed by atoms with Gasteiger partial charge in [0.2, 0.25) is 0 Å². The Hall–Kier alpha value is -2.51. The molecule has 0 bridgehead atoms. The molecule has 2 aromatic carbocycles. The van der Waals surface area contributed by atoms with Crippen LogP contribution in [-0.2, 0) is 0 Å². The molecule has 2 rings (SSSR count). The standard InChI is InChI=1S/C16H14ClN3O/c1-20(2)14-7-4-11(5-8-14)16(21)19-15-9-13(17)6-3-12(15)10-18/h3-9H,1-2H3,(H,19,21). The number of amides is 1. The van der Waals surface area contributed by atoms with Gasteiger partial charge in [0.05, 0.1) is 11.3 Å². The molecule has 0 aliphatic heterocycles. The average Bonchev–Trinajstić information content (AvgIpc) is 2.47. The van der Waals surface area contributed by atoms with Crippen molar-refractivity contribution in [1.82, 2.24) is 0 Å². The van der Waals surface area contributed by atoms with Crippen LogP contribution in [0.2, 0.25) is 5.02 Å². The molecule has 0 unspecified atom stereocenters. The summed E-state index contributed by atoms with van der Waals surface area (Å²) in [4.78, 5) is 14.1. The fourth-order valence-corrected chi connectivity index (χ4v) is 1.99. The van der Waals surface area contributed by atoms with Gasteiger partial charge in [0.1, 0.15) is 6.07 Å². The van der Waals surface area contributed by atoms with E-state index < -0.39 is 0 Å². The molecule has 1 amide bonds. The summed E-state index contributed by atoms with van der Waals surface area (Å²) in [6.45, 7) is 0. The molecule has 21 heavy (non-hydrogen) atoms.